The molecule has 0 saturated heterocycles. The molecule has 14 heavy (non-hydrogen) atoms. The van der Waals surface area contributed by atoms with Gasteiger partial charge in [-0.1, -0.05) is 0 Å². The van der Waals surface area contributed by atoms with Crippen LogP contribution in [0, 0.1) is 3.57 Å². The number of hydrogen-bond acceptors (Lipinski definition) is 2. The molecule has 0 aliphatic heterocycles. The number of carboxylic acid groups (broad SMARTS) is 1. The average Bonchev–Trinajstić information content (AvgIpc) is 2.47. The summed E-state index contributed by atoms with van der Waals surface area (Å²) in [6, 6.07) is 3.84. The first-order valence-corrected chi connectivity index (χ1v) is 5.08. The third-order valence-electron chi connectivity index (χ3n) is 1.82. The number of nitrogens with zero attached hydrogens (tertiary/aromatic N) is 2. The van der Waals surface area contributed by atoms with Crippen LogP contribution in [-0.4, -0.2) is 20.5 Å². The van der Waals surface area contributed by atoms with Crippen molar-refractivity contribution in [2.45, 2.75) is 6.42 Å². The summed E-state index contributed by atoms with van der Waals surface area (Å²) in [5.41, 5.74) is 1.39. The van der Waals surface area contributed by atoms with Crippen molar-refractivity contribution < 1.29 is 9.90 Å². The molecule has 2 aromatic heterocycles. The van der Waals surface area contributed by atoms with Crippen LogP contribution < -0.4 is 0 Å². The zero-order valence-corrected chi connectivity index (χ0v) is 9.30. The number of imidazole rings is 1. The monoisotopic (exact) mass is 302 g/mol. The van der Waals surface area contributed by atoms with Crippen molar-refractivity contribution in [1.82, 2.24) is 9.38 Å². The summed E-state index contributed by atoms with van der Waals surface area (Å²) in [6.07, 6.45) is 3.57. The van der Waals surface area contributed by atoms with Crippen LogP contribution in [0.25, 0.3) is 5.65 Å². The third kappa shape index (κ3) is 1.72. The van der Waals surface area contributed by atoms with E-state index in [4.69, 9.17) is 5.11 Å². The molecule has 4 nitrogen and oxygen atoms in total. The van der Waals surface area contributed by atoms with Crippen LogP contribution in [0.4, 0.5) is 0 Å². The maximum Gasteiger partial charge on any atom is 0.309 e. The lowest BCUT2D eigenvalue weighted by Crippen LogP contribution is -1.99. The number of carbonyl (C=O) groups is 1. The highest BCUT2D eigenvalue weighted by molar-refractivity contribution is 14.1. The first-order valence-electron chi connectivity index (χ1n) is 4.01. The van der Waals surface area contributed by atoms with E-state index in [1.165, 1.54) is 0 Å². The van der Waals surface area contributed by atoms with Gasteiger partial charge in [-0.05, 0) is 34.7 Å². The second kappa shape index (κ2) is 3.56. The Labute approximate surface area is 93.7 Å². The van der Waals surface area contributed by atoms with Gasteiger partial charge in [0.05, 0.1) is 15.7 Å². The van der Waals surface area contributed by atoms with Crippen molar-refractivity contribution in [2.24, 2.45) is 0 Å². The zero-order valence-electron chi connectivity index (χ0n) is 7.14. The van der Waals surface area contributed by atoms with Gasteiger partial charge < -0.3 is 9.51 Å². The van der Waals surface area contributed by atoms with Gasteiger partial charge in [0.15, 0.2) is 5.65 Å². The molecular formula is C9H7IN2O2. The minimum Gasteiger partial charge on any atom is -0.481 e. The van der Waals surface area contributed by atoms with E-state index in [2.05, 4.69) is 27.6 Å². The van der Waals surface area contributed by atoms with E-state index in [-0.39, 0.29) is 6.42 Å². The highest BCUT2D eigenvalue weighted by Crippen LogP contribution is 2.13. The van der Waals surface area contributed by atoms with E-state index in [9.17, 15) is 4.79 Å². The lowest BCUT2D eigenvalue weighted by molar-refractivity contribution is -0.136. The van der Waals surface area contributed by atoms with E-state index in [0.717, 1.165) is 9.22 Å². The fraction of sp³-hybridized carbons (Fsp3) is 0.111. The minimum absolute atomic E-state index is 0.0300. The Hall–Kier alpha value is -1.11. The molecule has 1 N–H and O–H groups in total. The van der Waals surface area contributed by atoms with Gasteiger partial charge in [-0.15, -0.1) is 0 Å². The molecule has 0 bridgehead atoms. The Balaban J connectivity index is 2.51. The highest BCUT2D eigenvalue weighted by Gasteiger charge is 2.07. The minimum atomic E-state index is -0.858. The summed E-state index contributed by atoms with van der Waals surface area (Å²) < 4.78 is 2.85. The predicted molar refractivity (Wildman–Crippen MR) is 59.2 cm³/mol. The Bertz CT molecular complexity index is 493. The summed E-state index contributed by atoms with van der Waals surface area (Å²) in [5, 5.41) is 8.61. The first-order chi connectivity index (χ1) is 6.66. The van der Waals surface area contributed by atoms with Crippen molar-refractivity contribution in [3.05, 3.63) is 33.8 Å². The largest absolute Gasteiger partial charge is 0.481 e. The normalized spacial score (nSPS) is 10.6. The molecule has 2 heterocycles. The summed E-state index contributed by atoms with van der Waals surface area (Å²) in [4.78, 5) is 14.7. The fourth-order valence-electron chi connectivity index (χ4n) is 1.27. The van der Waals surface area contributed by atoms with Crippen molar-refractivity contribution in [3.8, 4) is 0 Å². The van der Waals surface area contributed by atoms with Crippen LogP contribution in [-0.2, 0) is 11.2 Å². The summed E-state index contributed by atoms with van der Waals surface area (Å²) in [7, 11) is 0. The molecule has 0 aliphatic rings. The zero-order chi connectivity index (χ0) is 10.1. The average molecular weight is 302 g/mol. The number of rotatable bonds is 2. The molecule has 0 amide bonds. The summed E-state index contributed by atoms with van der Waals surface area (Å²) >= 11 is 2.17. The van der Waals surface area contributed by atoms with Gasteiger partial charge in [0, 0.05) is 12.4 Å². The van der Waals surface area contributed by atoms with Crippen molar-refractivity contribution in [2.75, 3.05) is 0 Å². The third-order valence-corrected chi connectivity index (χ3v) is 2.66. The first kappa shape index (κ1) is 9.45. The Kier molecular flexibility index (Phi) is 2.40. The van der Waals surface area contributed by atoms with Crippen LogP contribution in [0.5, 0.6) is 0 Å². The second-order valence-corrected chi connectivity index (χ2v) is 4.05. The molecule has 2 rings (SSSR count). The van der Waals surface area contributed by atoms with E-state index in [1.54, 1.807) is 6.20 Å². The molecule has 2 aromatic rings. The Morgan fingerprint density at radius 3 is 3.07 bits per heavy atom. The van der Waals surface area contributed by atoms with Gasteiger partial charge in [-0.25, -0.2) is 4.98 Å². The quantitative estimate of drug-likeness (QED) is 0.857. The van der Waals surface area contributed by atoms with Gasteiger partial charge in [0.2, 0.25) is 0 Å². The summed E-state index contributed by atoms with van der Waals surface area (Å²) in [5.74, 6) is -0.858. The number of aromatic nitrogens is 2. The molecule has 0 aliphatic carbocycles. The molecule has 0 unspecified atom stereocenters. The number of hydrogen-bond donors (Lipinski definition) is 1. The smallest absolute Gasteiger partial charge is 0.309 e. The molecule has 5 heteroatoms. The van der Waals surface area contributed by atoms with E-state index < -0.39 is 5.97 Å². The lowest BCUT2D eigenvalue weighted by Gasteiger charge is -1.92. The standard InChI is InChI=1S/C9H7IN2O2/c10-7-2-1-3-12-5-6(4-8(13)14)11-9(7)12/h1-3,5H,4H2,(H,13,14). The highest BCUT2D eigenvalue weighted by atomic mass is 127. The van der Waals surface area contributed by atoms with Gasteiger partial charge in [0.1, 0.15) is 0 Å². The summed E-state index contributed by atoms with van der Waals surface area (Å²) in [6.45, 7) is 0. The number of carboxylic acids is 1. The second-order valence-electron chi connectivity index (χ2n) is 2.89. The molecule has 0 radical (unpaired) electrons. The molecule has 0 spiro atoms. The molecular weight excluding hydrogens is 295 g/mol. The van der Waals surface area contributed by atoms with Crippen LogP contribution in [0.3, 0.4) is 0 Å². The number of pyridine rings is 1. The molecule has 0 aromatic carbocycles. The van der Waals surface area contributed by atoms with Gasteiger partial charge in [0.25, 0.3) is 0 Å². The van der Waals surface area contributed by atoms with E-state index >= 15 is 0 Å². The number of fused-ring (bicyclic) bond motifs is 1. The van der Waals surface area contributed by atoms with Gasteiger partial charge >= 0.3 is 5.97 Å². The predicted octanol–water partition coefficient (Wildman–Crippen LogP) is 1.57. The molecule has 72 valence electrons. The SMILES string of the molecule is O=C(O)Cc1cn2cccc(I)c2n1. The molecule has 0 fully saturated rings. The maximum atomic E-state index is 10.5. The fourth-order valence-corrected chi connectivity index (χ4v) is 1.88. The van der Waals surface area contributed by atoms with Crippen molar-refractivity contribution in [1.29, 1.82) is 0 Å². The van der Waals surface area contributed by atoms with Crippen molar-refractivity contribution >= 4 is 34.2 Å². The number of aliphatic carboxylic acids is 1. The van der Waals surface area contributed by atoms with Gasteiger partial charge in [-0.3, -0.25) is 4.79 Å². The molecule has 0 atom stereocenters. The Morgan fingerprint density at radius 1 is 1.64 bits per heavy atom. The van der Waals surface area contributed by atoms with Crippen LogP contribution in [0.1, 0.15) is 5.69 Å². The van der Waals surface area contributed by atoms with Crippen LogP contribution in [0.2, 0.25) is 0 Å². The Morgan fingerprint density at radius 2 is 2.43 bits per heavy atom. The molecule has 0 saturated carbocycles. The van der Waals surface area contributed by atoms with Crippen molar-refractivity contribution in [3.63, 3.8) is 0 Å². The number of halogens is 1. The lowest BCUT2D eigenvalue weighted by atomic mass is 10.3. The van der Waals surface area contributed by atoms with Crippen LogP contribution in [0.15, 0.2) is 24.5 Å². The van der Waals surface area contributed by atoms with Crippen LogP contribution >= 0.6 is 22.6 Å². The van der Waals surface area contributed by atoms with E-state index in [1.807, 2.05) is 22.7 Å². The topological polar surface area (TPSA) is 54.6 Å². The van der Waals surface area contributed by atoms with Gasteiger partial charge in [-0.2, -0.15) is 0 Å². The van der Waals surface area contributed by atoms with E-state index in [0.29, 0.717) is 5.69 Å². The maximum absolute atomic E-state index is 10.5.